The number of hydrogen-bond acceptors (Lipinski definition) is 5. The number of unbranched alkanes of at least 4 members (excludes halogenated alkanes) is 34. The highest BCUT2D eigenvalue weighted by molar-refractivity contribution is 5.76. The molecule has 0 aromatic rings. The van der Waals surface area contributed by atoms with Crippen molar-refractivity contribution in [3.63, 3.8) is 0 Å². The standard InChI is InChI=1S/C52H99NO5/c1-3-5-7-9-11-13-15-26-30-34-38-42-46-52(57)58-47-43-39-35-31-27-24-22-20-18-16-17-19-21-23-25-29-33-37-41-45-51(56)53-49(48-54)50(55)44-40-36-32-28-14-12-10-8-6-4-2/h11,13,40,44,49-50,54-55H,3-10,12,14-39,41-43,45-48H2,1-2H3,(H,53,56)/b13-11-,44-40+. The highest BCUT2D eigenvalue weighted by atomic mass is 16.5. The van der Waals surface area contributed by atoms with Crippen LogP contribution in [-0.4, -0.2) is 47.4 Å². The number of aliphatic hydroxyl groups excluding tert-OH is 2. The summed E-state index contributed by atoms with van der Waals surface area (Å²) >= 11 is 0. The highest BCUT2D eigenvalue weighted by Crippen LogP contribution is 2.16. The smallest absolute Gasteiger partial charge is 0.305 e. The van der Waals surface area contributed by atoms with Crippen molar-refractivity contribution < 1.29 is 24.5 Å². The van der Waals surface area contributed by atoms with Crippen LogP contribution in [0.1, 0.15) is 271 Å². The first kappa shape index (κ1) is 56.3. The van der Waals surface area contributed by atoms with Crippen LogP contribution in [0.4, 0.5) is 0 Å². The summed E-state index contributed by atoms with van der Waals surface area (Å²) in [4.78, 5) is 24.4. The van der Waals surface area contributed by atoms with E-state index in [1.165, 1.54) is 199 Å². The molecule has 2 unspecified atom stereocenters. The van der Waals surface area contributed by atoms with Crippen LogP contribution >= 0.6 is 0 Å². The Morgan fingerprint density at radius 3 is 1.26 bits per heavy atom. The third-order valence-electron chi connectivity index (χ3n) is 11.7. The molecule has 6 heteroatoms. The lowest BCUT2D eigenvalue weighted by Gasteiger charge is -2.20. The van der Waals surface area contributed by atoms with Crippen molar-refractivity contribution in [1.29, 1.82) is 0 Å². The minimum absolute atomic E-state index is 0.00239. The van der Waals surface area contributed by atoms with Crippen molar-refractivity contribution >= 4 is 11.9 Å². The molecule has 0 aliphatic carbocycles. The van der Waals surface area contributed by atoms with Crippen LogP contribution in [0.5, 0.6) is 0 Å². The van der Waals surface area contributed by atoms with E-state index in [2.05, 4.69) is 31.3 Å². The lowest BCUT2D eigenvalue weighted by Crippen LogP contribution is -2.45. The van der Waals surface area contributed by atoms with E-state index in [0.29, 0.717) is 19.4 Å². The zero-order valence-electron chi connectivity index (χ0n) is 38.8. The molecule has 58 heavy (non-hydrogen) atoms. The van der Waals surface area contributed by atoms with Gasteiger partial charge >= 0.3 is 5.97 Å². The molecule has 0 radical (unpaired) electrons. The second-order valence-electron chi connectivity index (χ2n) is 17.5. The second-order valence-corrected chi connectivity index (χ2v) is 17.5. The maximum absolute atomic E-state index is 12.4. The Balaban J connectivity index is 3.41. The molecule has 0 aliphatic rings. The summed E-state index contributed by atoms with van der Waals surface area (Å²) in [5.41, 5.74) is 0. The lowest BCUT2D eigenvalue weighted by molar-refractivity contribution is -0.143. The Labute approximate surface area is 361 Å². The zero-order valence-corrected chi connectivity index (χ0v) is 38.8. The predicted octanol–water partition coefficient (Wildman–Crippen LogP) is 15.1. The van der Waals surface area contributed by atoms with E-state index in [0.717, 1.165) is 44.9 Å². The van der Waals surface area contributed by atoms with Crippen molar-refractivity contribution in [3.8, 4) is 0 Å². The van der Waals surface area contributed by atoms with Gasteiger partial charge < -0.3 is 20.3 Å². The minimum atomic E-state index is -0.844. The highest BCUT2D eigenvalue weighted by Gasteiger charge is 2.18. The number of carbonyl (C=O) groups is 2. The van der Waals surface area contributed by atoms with Crippen LogP contribution in [0.25, 0.3) is 0 Å². The molecule has 0 bridgehead atoms. The second kappa shape index (κ2) is 48.0. The van der Waals surface area contributed by atoms with Gasteiger partial charge in [0, 0.05) is 12.8 Å². The van der Waals surface area contributed by atoms with Gasteiger partial charge in [0.1, 0.15) is 0 Å². The van der Waals surface area contributed by atoms with E-state index in [-0.39, 0.29) is 18.5 Å². The topological polar surface area (TPSA) is 95.9 Å². The molecule has 0 fully saturated rings. The molecule has 0 saturated carbocycles. The zero-order chi connectivity index (χ0) is 42.3. The molecular formula is C52H99NO5. The summed E-state index contributed by atoms with van der Waals surface area (Å²) in [6, 6.07) is -0.627. The third kappa shape index (κ3) is 43.9. The average molecular weight is 818 g/mol. The molecule has 0 spiro atoms. The van der Waals surface area contributed by atoms with Crippen LogP contribution in [0, 0.1) is 0 Å². The first-order chi connectivity index (χ1) is 28.5. The summed E-state index contributed by atoms with van der Waals surface area (Å²) in [5.74, 6) is -0.0756. The number of hydrogen-bond donors (Lipinski definition) is 3. The number of nitrogens with one attached hydrogen (secondary N) is 1. The van der Waals surface area contributed by atoms with Gasteiger partial charge in [-0.15, -0.1) is 0 Å². The maximum Gasteiger partial charge on any atom is 0.305 e. The molecule has 1 amide bonds. The number of rotatable bonds is 47. The van der Waals surface area contributed by atoms with Gasteiger partial charge in [0.15, 0.2) is 0 Å². The van der Waals surface area contributed by atoms with Crippen molar-refractivity contribution in [3.05, 3.63) is 24.3 Å². The average Bonchev–Trinajstić information content (AvgIpc) is 3.22. The van der Waals surface area contributed by atoms with Crippen molar-refractivity contribution in [2.75, 3.05) is 13.2 Å². The molecule has 6 nitrogen and oxygen atoms in total. The Hall–Kier alpha value is -1.66. The third-order valence-corrected chi connectivity index (χ3v) is 11.7. The van der Waals surface area contributed by atoms with Crippen LogP contribution in [0.3, 0.4) is 0 Å². The van der Waals surface area contributed by atoms with E-state index >= 15 is 0 Å². The van der Waals surface area contributed by atoms with Gasteiger partial charge in [-0.2, -0.15) is 0 Å². The summed E-state index contributed by atoms with van der Waals surface area (Å²) in [5, 5.41) is 22.9. The number of carbonyl (C=O) groups excluding carboxylic acids is 2. The van der Waals surface area contributed by atoms with Gasteiger partial charge in [-0.05, 0) is 57.8 Å². The van der Waals surface area contributed by atoms with Gasteiger partial charge in [-0.25, -0.2) is 0 Å². The van der Waals surface area contributed by atoms with Gasteiger partial charge in [0.05, 0.1) is 25.4 Å². The molecule has 3 N–H and O–H groups in total. The van der Waals surface area contributed by atoms with E-state index in [1.807, 2.05) is 6.08 Å². The van der Waals surface area contributed by atoms with Gasteiger partial charge in [0.25, 0.3) is 0 Å². The Bertz CT molecular complexity index is 904. The molecule has 0 saturated heterocycles. The fourth-order valence-corrected chi connectivity index (χ4v) is 7.74. The molecule has 0 aromatic heterocycles. The molecule has 0 aliphatic heterocycles. The Kier molecular flexibility index (Phi) is 46.6. The number of ether oxygens (including phenoxy) is 1. The van der Waals surface area contributed by atoms with Gasteiger partial charge in [-0.1, -0.05) is 224 Å². The SMILES string of the molecule is CCCCC/C=C\CCCCCCCC(=O)OCCCCCCCCCCCCCCCCCCCCCC(=O)NC(CO)C(O)/C=C/CCCCCCCCCC. The van der Waals surface area contributed by atoms with Crippen molar-refractivity contribution in [2.45, 2.75) is 283 Å². The lowest BCUT2D eigenvalue weighted by atomic mass is 10.0. The monoisotopic (exact) mass is 818 g/mol. The summed E-state index contributed by atoms with van der Waals surface area (Å²) in [6.45, 7) is 4.85. The molecule has 2 atom stereocenters. The number of aliphatic hydroxyl groups is 2. The summed E-state index contributed by atoms with van der Waals surface area (Å²) in [6.07, 6.45) is 56.1. The minimum Gasteiger partial charge on any atom is -0.466 e. The quantitative estimate of drug-likeness (QED) is 0.0323. The molecule has 0 rings (SSSR count). The van der Waals surface area contributed by atoms with Crippen molar-refractivity contribution in [1.82, 2.24) is 5.32 Å². The molecule has 0 aromatic carbocycles. The predicted molar refractivity (Wildman–Crippen MR) is 250 cm³/mol. The Morgan fingerprint density at radius 1 is 0.466 bits per heavy atom. The maximum atomic E-state index is 12.4. The van der Waals surface area contributed by atoms with Gasteiger partial charge in [-0.3, -0.25) is 9.59 Å². The van der Waals surface area contributed by atoms with Crippen LogP contribution in [0.2, 0.25) is 0 Å². The summed E-state index contributed by atoms with van der Waals surface area (Å²) < 4.78 is 5.45. The Morgan fingerprint density at radius 2 is 0.810 bits per heavy atom. The number of amides is 1. The fourth-order valence-electron chi connectivity index (χ4n) is 7.74. The van der Waals surface area contributed by atoms with Crippen molar-refractivity contribution in [2.24, 2.45) is 0 Å². The van der Waals surface area contributed by atoms with E-state index in [4.69, 9.17) is 4.74 Å². The molecular weight excluding hydrogens is 719 g/mol. The first-order valence-electron chi connectivity index (χ1n) is 25.6. The van der Waals surface area contributed by atoms with Gasteiger partial charge in [0.2, 0.25) is 5.91 Å². The van der Waals surface area contributed by atoms with E-state index < -0.39 is 12.1 Å². The number of allylic oxidation sites excluding steroid dienone is 3. The van der Waals surface area contributed by atoms with E-state index in [1.54, 1.807) is 6.08 Å². The fraction of sp³-hybridized carbons (Fsp3) is 0.885. The molecule has 0 heterocycles. The molecule has 342 valence electrons. The number of esters is 1. The van der Waals surface area contributed by atoms with Crippen LogP contribution < -0.4 is 5.32 Å². The largest absolute Gasteiger partial charge is 0.466 e. The summed E-state index contributed by atoms with van der Waals surface area (Å²) in [7, 11) is 0. The van der Waals surface area contributed by atoms with Crippen LogP contribution in [0.15, 0.2) is 24.3 Å². The van der Waals surface area contributed by atoms with Crippen LogP contribution in [-0.2, 0) is 14.3 Å². The first-order valence-corrected chi connectivity index (χ1v) is 25.6. The normalized spacial score (nSPS) is 12.8. The van der Waals surface area contributed by atoms with E-state index in [9.17, 15) is 19.8 Å².